The third-order valence-corrected chi connectivity index (χ3v) is 4.03. The summed E-state index contributed by atoms with van der Waals surface area (Å²) in [6.07, 6.45) is 4.65. The van der Waals surface area contributed by atoms with Gasteiger partial charge in [-0.3, -0.25) is 4.79 Å². The summed E-state index contributed by atoms with van der Waals surface area (Å²) in [4.78, 5) is 11.7. The number of rotatable bonds is 3. The van der Waals surface area contributed by atoms with Crippen molar-refractivity contribution in [3.8, 4) is 5.75 Å². The van der Waals surface area contributed by atoms with Crippen LogP contribution in [0, 0.1) is 0 Å². The number of benzene rings is 1. The molecular weight excluding hydrogens is 212 g/mol. The summed E-state index contributed by atoms with van der Waals surface area (Å²) < 4.78 is 5.18. The maximum Gasteiger partial charge on any atom is 0.133 e. The van der Waals surface area contributed by atoms with Crippen LogP contribution in [0.5, 0.6) is 5.75 Å². The van der Waals surface area contributed by atoms with Crippen LogP contribution in [0.15, 0.2) is 24.3 Å². The standard InChI is InChI=1S/C15H20O2/c1-3-15(10-4-5-13(16)11-15)12-6-8-14(17-2)9-7-12/h6-9H,3-5,10-11H2,1-2H3/t15-/m0/s1. The Labute approximate surface area is 103 Å². The SMILES string of the molecule is CC[C@]1(c2ccc(OC)cc2)CCCC(=O)C1. The molecule has 2 rings (SSSR count). The Hall–Kier alpha value is -1.31. The fourth-order valence-electron chi connectivity index (χ4n) is 2.88. The van der Waals surface area contributed by atoms with Gasteiger partial charge < -0.3 is 4.74 Å². The third-order valence-electron chi connectivity index (χ3n) is 4.03. The lowest BCUT2D eigenvalue weighted by Crippen LogP contribution is -2.32. The zero-order chi connectivity index (χ0) is 12.3. The molecule has 1 aromatic carbocycles. The van der Waals surface area contributed by atoms with Crippen molar-refractivity contribution in [2.75, 3.05) is 7.11 Å². The number of carbonyl (C=O) groups is 1. The molecule has 1 aliphatic carbocycles. The molecule has 2 nitrogen and oxygen atoms in total. The predicted octanol–water partition coefficient (Wildman–Crippen LogP) is 3.49. The molecule has 17 heavy (non-hydrogen) atoms. The Morgan fingerprint density at radius 2 is 2.00 bits per heavy atom. The van der Waals surface area contributed by atoms with Gasteiger partial charge >= 0.3 is 0 Å². The second kappa shape index (κ2) is 4.91. The van der Waals surface area contributed by atoms with E-state index >= 15 is 0 Å². The number of ether oxygens (including phenoxy) is 1. The van der Waals surface area contributed by atoms with Gasteiger partial charge in [-0.2, -0.15) is 0 Å². The Kier molecular flexibility index (Phi) is 3.51. The first-order chi connectivity index (χ1) is 8.20. The van der Waals surface area contributed by atoms with Crippen molar-refractivity contribution in [3.63, 3.8) is 0 Å². The summed E-state index contributed by atoms with van der Waals surface area (Å²) in [5.41, 5.74) is 1.36. The monoisotopic (exact) mass is 232 g/mol. The number of methoxy groups -OCH3 is 1. The van der Waals surface area contributed by atoms with E-state index in [2.05, 4.69) is 19.1 Å². The molecule has 1 aliphatic rings. The highest BCUT2D eigenvalue weighted by atomic mass is 16.5. The highest BCUT2D eigenvalue weighted by molar-refractivity contribution is 5.81. The Morgan fingerprint density at radius 1 is 1.29 bits per heavy atom. The smallest absolute Gasteiger partial charge is 0.133 e. The molecule has 0 radical (unpaired) electrons. The van der Waals surface area contributed by atoms with Crippen LogP contribution in [0.4, 0.5) is 0 Å². The molecule has 92 valence electrons. The zero-order valence-corrected chi connectivity index (χ0v) is 10.7. The quantitative estimate of drug-likeness (QED) is 0.797. The second-order valence-corrected chi connectivity index (χ2v) is 4.93. The van der Waals surface area contributed by atoms with Gasteiger partial charge in [0.25, 0.3) is 0 Å². The Balaban J connectivity index is 2.29. The van der Waals surface area contributed by atoms with Crippen molar-refractivity contribution in [1.29, 1.82) is 0 Å². The molecule has 0 saturated heterocycles. The molecule has 1 aromatic rings. The van der Waals surface area contributed by atoms with E-state index in [1.807, 2.05) is 12.1 Å². The van der Waals surface area contributed by atoms with Gasteiger partial charge in [-0.1, -0.05) is 19.1 Å². The van der Waals surface area contributed by atoms with Gasteiger partial charge in [0.2, 0.25) is 0 Å². The van der Waals surface area contributed by atoms with Crippen LogP contribution < -0.4 is 4.74 Å². The van der Waals surface area contributed by atoms with Crippen molar-refractivity contribution < 1.29 is 9.53 Å². The first kappa shape index (κ1) is 12.2. The predicted molar refractivity (Wildman–Crippen MR) is 68.4 cm³/mol. The van der Waals surface area contributed by atoms with Crippen LogP contribution in [-0.4, -0.2) is 12.9 Å². The third kappa shape index (κ3) is 2.36. The summed E-state index contributed by atoms with van der Waals surface area (Å²) in [6.45, 7) is 2.18. The molecular formula is C15H20O2. The topological polar surface area (TPSA) is 26.3 Å². The minimum Gasteiger partial charge on any atom is -0.497 e. The van der Waals surface area contributed by atoms with Gasteiger partial charge in [0, 0.05) is 18.3 Å². The van der Waals surface area contributed by atoms with Gasteiger partial charge in [-0.05, 0) is 37.0 Å². The van der Waals surface area contributed by atoms with Crippen molar-refractivity contribution in [1.82, 2.24) is 0 Å². The normalized spacial score (nSPS) is 24.7. The van der Waals surface area contributed by atoms with E-state index in [1.165, 1.54) is 5.56 Å². The molecule has 0 bridgehead atoms. The van der Waals surface area contributed by atoms with Crippen molar-refractivity contribution in [3.05, 3.63) is 29.8 Å². The van der Waals surface area contributed by atoms with Crippen LogP contribution in [0.1, 0.15) is 44.6 Å². The number of Topliss-reactive ketones (excluding diaryl/α,β-unsaturated/α-hetero) is 1. The Bertz CT molecular complexity index is 394. The zero-order valence-electron chi connectivity index (χ0n) is 10.7. The maximum atomic E-state index is 11.7. The minimum absolute atomic E-state index is 0.0710. The molecule has 0 amide bonds. The van der Waals surface area contributed by atoms with E-state index in [9.17, 15) is 4.79 Å². The molecule has 1 fully saturated rings. The van der Waals surface area contributed by atoms with E-state index in [0.29, 0.717) is 12.2 Å². The molecule has 0 aromatic heterocycles. The van der Waals surface area contributed by atoms with Crippen LogP contribution in [-0.2, 0) is 10.2 Å². The fourth-order valence-corrected chi connectivity index (χ4v) is 2.88. The molecule has 0 unspecified atom stereocenters. The summed E-state index contributed by atoms with van der Waals surface area (Å²) >= 11 is 0. The van der Waals surface area contributed by atoms with E-state index in [4.69, 9.17) is 4.74 Å². The van der Waals surface area contributed by atoms with Crippen LogP contribution >= 0.6 is 0 Å². The first-order valence-electron chi connectivity index (χ1n) is 6.36. The lowest BCUT2D eigenvalue weighted by molar-refractivity contribution is -0.122. The highest BCUT2D eigenvalue weighted by Crippen LogP contribution is 2.41. The van der Waals surface area contributed by atoms with Crippen LogP contribution in [0.25, 0.3) is 0 Å². The molecule has 0 spiro atoms. The Morgan fingerprint density at radius 3 is 2.53 bits per heavy atom. The lowest BCUT2D eigenvalue weighted by Gasteiger charge is -2.36. The summed E-state index contributed by atoms with van der Waals surface area (Å²) in [5, 5.41) is 0. The number of hydrogen-bond acceptors (Lipinski definition) is 2. The summed E-state index contributed by atoms with van der Waals surface area (Å²) in [7, 11) is 1.68. The van der Waals surface area contributed by atoms with Crippen molar-refractivity contribution in [2.45, 2.75) is 44.4 Å². The maximum absolute atomic E-state index is 11.7. The largest absolute Gasteiger partial charge is 0.497 e. The van der Waals surface area contributed by atoms with Gasteiger partial charge in [-0.25, -0.2) is 0 Å². The molecule has 0 aliphatic heterocycles. The number of hydrogen-bond donors (Lipinski definition) is 0. The minimum atomic E-state index is 0.0710. The molecule has 0 heterocycles. The molecule has 2 heteroatoms. The van der Waals surface area contributed by atoms with Gasteiger partial charge in [0.05, 0.1) is 7.11 Å². The average Bonchev–Trinajstić information content (AvgIpc) is 2.38. The van der Waals surface area contributed by atoms with Gasteiger partial charge in [0.15, 0.2) is 0 Å². The van der Waals surface area contributed by atoms with Crippen LogP contribution in [0.2, 0.25) is 0 Å². The van der Waals surface area contributed by atoms with Gasteiger partial charge in [-0.15, -0.1) is 0 Å². The fraction of sp³-hybridized carbons (Fsp3) is 0.533. The van der Waals surface area contributed by atoms with Crippen LogP contribution in [0.3, 0.4) is 0 Å². The number of carbonyl (C=O) groups excluding carboxylic acids is 1. The summed E-state index contributed by atoms with van der Waals surface area (Å²) in [5.74, 6) is 1.29. The average molecular weight is 232 g/mol. The van der Waals surface area contributed by atoms with Crippen molar-refractivity contribution >= 4 is 5.78 Å². The highest BCUT2D eigenvalue weighted by Gasteiger charge is 2.35. The molecule has 1 saturated carbocycles. The van der Waals surface area contributed by atoms with E-state index in [0.717, 1.165) is 31.4 Å². The van der Waals surface area contributed by atoms with E-state index in [1.54, 1.807) is 7.11 Å². The summed E-state index contributed by atoms with van der Waals surface area (Å²) in [6, 6.07) is 8.21. The second-order valence-electron chi connectivity index (χ2n) is 4.93. The molecule has 0 N–H and O–H groups in total. The van der Waals surface area contributed by atoms with E-state index in [-0.39, 0.29) is 5.41 Å². The first-order valence-corrected chi connectivity index (χ1v) is 6.36. The molecule has 1 atom stereocenters. The number of ketones is 1. The van der Waals surface area contributed by atoms with Crippen molar-refractivity contribution in [2.24, 2.45) is 0 Å². The lowest BCUT2D eigenvalue weighted by atomic mass is 9.67. The van der Waals surface area contributed by atoms with E-state index < -0.39 is 0 Å². The van der Waals surface area contributed by atoms with Gasteiger partial charge in [0.1, 0.15) is 11.5 Å².